The number of carbonyl (C=O) groups is 2. The van der Waals surface area contributed by atoms with Crippen molar-refractivity contribution in [2.45, 2.75) is 6.42 Å². The fraction of sp³-hybridized carbons (Fsp3) is 0.176. The lowest BCUT2D eigenvalue weighted by atomic mass is 10.2. The molecule has 0 unspecified atom stereocenters. The van der Waals surface area contributed by atoms with E-state index in [1.807, 2.05) is 6.07 Å². The molecule has 126 valence electrons. The molecule has 0 aromatic heterocycles. The Morgan fingerprint density at radius 2 is 1.62 bits per heavy atom. The minimum Gasteiger partial charge on any atom is -0.493 e. The average Bonchev–Trinajstić information content (AvgIpc) is 2.56. The summed E-state index contributed by atoms with van der Waals surface area (Å²) in [5, 5.41) is 5.33. The van der Waals surface area contributed by atoms with Gasteiger partial charge in [-0.2, -0.15) is 0 Å². The first-order valence-electron chi connectivity index (χ1n) is 7.09. The molecular formula is C17H17BrN2O4. The summed E-state index contributed by atoms with van der Waals surface area (Å²) >= 11 is 3.33. The van der Waals surface area contributed by atoms with Crippen molar-refractivity contribution in [1.29, 1.82) is 0 Å². The lowest BCUT2D eigenvalue weighted by Crippen LogP contribution is -2.21. The predicted octanol–water partition coefficient (Wildman–Crippen LogP) is 3.43. The molecule has 2 aromatic carbocycles. The summed E-state index contributed by atoms with van der Waals surface area (Å²) in [6.45, 7) is 0. The van der Waals surface area contributed by atoms with Gasteiger partial charge in [-0.1, -0.05) is 12.1 Å². The van der Waals surface area contributed by atoms with Gasteiger partial charge in [0, 0.05) is 16.2 Å². The largest absolute Gasteiger partial charge is 0.493 e. The van der Waals surface area contributed by atoms with E-state index in [1.54, 1.807) is 36.4 Å². The van der Waals surface area contributed by atoms with Gasteiger partial charge in [0.2, 0.25) is 11.8 Å². The summed E-state index contributed by atoms with van der Waals surface area (Å²) in [6, 6.07) is 12.2. The second kappa shape index (κ2) is 8.35. The summed E-state index contributed by atoms with van der Waals surface area (Å²) in [7, 11) is 3.04. The molecule has 2 N–H and O–H groups in total. The molecule has 0 aliphatic rings. The van der Waals surface area contributed by atoms with Gasteiger partial charge in [-0.25, -0.2) is 0 Å². The van der Waals surface area contributed by atoms with Crippen LogP contribution in [0.4, 0.5) is 11.4 Å². The molecule has 0 heterocycles. The number of ether oxygens (including phenoxy) is 2. The van der Waals surface area contributed by atoms with Crippen molar-refractivity contribution in [3.8, 4) is 11.5 Å². The van der Waals surface area contributed by atoms with E-state index in [0.717, 1.165) is 4.47 Å². The van der Waals surface area contributed by atoms with E-state index in [1.165, 1.54) is 14.2 Å². The van der Waals surface area contributed by atoms with Crippen LogP contribution >= 0.6 is 15.9 Å². The fourth-order valence-electron chi connectivity index (χ4n) is 2.02. The third-order valence-electron chi connectivity index (χ3n) is 3.14. The van der Waals surface area contributed by atoms with E-state index in [-0.39, 0.29) is 6.42 Å². The molecule has 2 aromatic rings. The SMILES string of the molecule is COc1ccc(NC(=O)CC(=O)Nc2ccccc2Br)cc1OC. The number of hydrogen-bond acceptors (Lipinski definition) is 4. The topological polar surface area (TPSA) is 76.7 Å². The third kappa shape index (κ3) is 4.73. The number of methoxy groups -OCH3 is 2. The van der Waals surface area contributed by atoms with Gasteiger partial charge >= 0.3 is 0 Å². The predicted molar refractivity (Wildman–Crippen MR) is 95.6 cm³/mol. The Hall–Kier alpha value is -2.54. The summed E-state index contributed by atoms with van der Waals surface area (Å²) in [5.41, 5.74) is 1.13. The van der Waals surface area contributed by atoms with Crippen LogP contribution < -0.4 is 20.1 Å². The number of benzene rings is 2. The molecule has 7 heteroatoms. The first-order chi connectivity index (χ1) is 11.5. The van der Waals surface area contributed by atoms with Gasteiger partial charge in [0.15, 0.2) is 11.5 Å². The number of nitrogens with one attached hydrogen (secondary N) is 2. The van der Waals surface area contributed by atoms with Crippen molar-refractivity contribution in [3.05, 3.63) is 46.9 Å². The van der Waals surface area contributed by atoms with Crippen molar-refractivity contribution in [3.63, 3.8) is 0 Å². The highest BCUT2D eigenvalue weighted by Crippen LogP contribution is 2.29. The highest BCUT2D eigenvalue weighted by molar-refractivity contribution is 9.10. The van der Waals surface area contributed by atoms with Crippen molar-refractivity contribution >= 4 is 39.1 Å². The lowest BCUT2D eigenvalue weighted by Gasteiger charge is -2.11. The third-order valence-corrected chi connectivity index (χ3v) is 3.83. The Balaban J connectivity index is 1.95. The Kier molecular flexibility index (Phi) is 6.20. The molecule has 0 fully saturated rings. The monoisotopic (exact) mass is 392 g/mol. The number of hydrogen-bond donors (Lipinski definition) is 2. The van der Waals surface area contributed by atoms with Crippen molar-refractivity contribution in [2.24, 2.45) is 0 Å². The van der Waals surface area contributed by atoms with Gasteiger partial charge in [0.25, 0.3) is 0 Å². The maximum absolute atomic E-state index is 12.0. The number of amides is 2. The van der Waals surface area contributed by atoms with E-state index in [0.29, 0.717) is 22.9 Å². The molecule has 24 heavy (non-hydrogen) atoms. The van der Waals surface area contributed by atoms with Crippen LogP contribution in [0, 0.1) is 0 Å². The van der Waals surface area contributed by atoms with Crippen LogP contribution in [-0.4, -0.2) is 26.0 Å². The van der Waals surface area contributed by atoms with Gasteiger partial charge < -0.3 is 20.1 Å². The Morgan fingerprint density at radius 1 is 0.958 bits per heavy atom. The number of halogens is 1. The fourth-order valence-corrected chi connectivity index (χ4v) is 2.41. The maximum atomic E-state index is 12.0. The normalized spacial score (nSPS) is 9.96. The second-order valence-corrected chi connectivity index (χ2v) is 5.68. The van der Waals surface area contributed by atoms with Crippen LogP contribution in [0.5, 0.6) is 11.5 Å². The Bertz CT molecular complexity index is 749. The van der Waals surface area contributed by atoms with Crippen molar-refractivity contribution in [1.82, 2.24) is 0 Å². The molecule has 0 saturated carbocycles. The van der Waals surface area contributed by atoms with Gasteiger partial charge in [-0.05, 0) is 40.2 Å². The van der Waals surface area contributed by atoms with Crippen LogP contribution in [0.1, 0.15) is 6.42 Å². The van der Waals surface area contributed by atoms with E-state index in [2.05, 4.69) is 26.6 Å². The second-order valence-electron chi connectivity index (χ2n) is 4.82. The lowest BCUT2D eigenvalue weighted by molar-refractivity contribution is -0.123. The van der Waals surface area contributed by atoms with E-state index < -0.39 is 11.8 Å². The van der Waals surface area contributed by atoms with Crippen LogP contribution in [0.2, 0.25) is 0 Å². The van der Waals surface area contributed by atoms with Gasteiger partial charge in [0.05, 0.1) is 19.9 Å². The number of carbonyl (C=O) groups excluding carboxylic acids is 2. The standard InChI is InChI=1S/C17H17BrN2O4/c1-23-14-8-7-11(9-15(14)24-2)19-16(21)10-17(22)20-13-6-4-3-5-12(13)18/h3-9H,10H2,1-2H3,(H,19,21)(H,20,22). The molecule has 0 aliphatic heterocycles. The summed E-state index contributed by atoms with van der Waals surface area (Å²) in [4.78, 5) is 23.9. The zero-order chi connectivity index (χ0) is 17.5. The minimum atomic E-state index is -0.424. The van der Waals surface area contributed by atoms with Crippen LogP contribution in [0.3, 0.4) is 0 Å². The summed E-state index contributed by atoms with van der Waals surface area (Å²) in [6.07, 6.45) is -0.296. The summed E-state index contributed by atoms with van der Waals surface area (Å²) in [5.74, 6) is 0.224. The molecule has 0 radical (unpaired) electrons. The molecule has 0 atom stereocenters. The molecule has 0 spiro atoms. The number of para-hydroxylation sites is 1. The molecular weight excluding hydrogens is 376 g/mol. The van der Waals surface area contributed by atoms with Crippen molar-refractivity contribution < 1.29 is 19.1 Å². The number of rotatable bonds is 6. The van der Waals surface area contributed by atoms with Gasteiger partial charge in [0.1, 0.15) is 6.42 Å². The Morgan fingerprint density at radius 3 is 2.29 bits per heavy atom. The van der Waals surface area contributed by atoms with E-state index in [4.69, 9.17) is 9.47 Å². The zero-order valence-electron chi connectivity index (χ0n) is 13.3. The molecule has 0 bridgehead atoms. The first-order valence-corrected chi connectivity index (χ1v) is 7.89. The highest BCUT2D eigenvalue weighted by atomic mass is 79.9. The van der Waals surface area contributed by atoms with E-state index >= 15 is 0 Å². The molecule has 2 rings (SSSR count). The number of anilines is 2. The van der Waals surface area contributed by atoms with E-state index in [9.17, 15) is 9.59 Å². The van der Waals surface area contributed by atoms with Gasteiger partial charge in [-0.15, -0.1) is 0 Å². The minimum absolute atomic E-state index is 0.296. The van der Waals surface area contributed by atoms with Crippen LogP contribution in [0.15, 0.2) is 46.9 Å². The van der Waals surface area contributed by atoms with Crippen LogP contribution in [0.25, 0.3) is 0 Å². The average molecular weight is 393 g/mol. The maximum Gasteiger partial charge on any atom is 0.233 e. The molecule has 0 aliphatic carbocycles. The Labute approximate surface area is 148 Å². The smallest absolute Gasteiger partial charge is 0.233 e. The quantitative estimate of drug-likeness (QED) is 0.738. The zero-order valence-corrected chi connectivity index (χ0v) is 14.8. The molecule has 2 amide bonds. The molecule has 0 saturated heterocycles. The van der Waals surface area contributed by atoms with Crippen molar-refractivity contribution in [2.75, 3.05) is 24.9 Å². The van der Waals surface area contributed by atoms with Gasteiger partial charge in [-0.3, -0.25) is 9.59 Å². The highest BCUT2D eigenvalue weighted by Gasteiger charge is 2.12. The molecule has 6 nitrogen and oxygen atoms in total. The summed E-state index contributed by atoms with van der Waals surface area (Å²) < 4.78 is 11.1. The van der Waals surface area contributed by atoms with Crippen LogP contribution in [-0.2, 0) is 9.59 Å². The first kappa shape index (κ1) is 17.8.